The van der Waals surface area contributed by atoms with Gasteiger partial charge in [-0.05, 0) is 18.2 Å². The molecule has 6 nitrogen and oxygen atoms in total. The van der Waals surface area contributed by atoms with Gasteiger partial charge in [0.05, 0.1) is 30.0 Å². The van der Waals surface area contributed by atoms with Crippen LogP contribution in [0.15, 0.2) is 23.4 Å². The number of amides is 1. The van der Waals surface area contributed by atoms with Gasteiger partial charge in [-0.15, -0.1) is 0 Å². The molecule has 1 N–H and O–H groups in total. The van der Waals surface area contributed by atoms with Crippen molar-refractivity contribution in [3.63, 3.8) is 0 Å². The van der Waals surface area contributed by atoms with E-state index in [-0.39, 0.29) is 5.91 Å². The Labute approximate surface area is 144 Å². The van der Waals surface area contributed by atoms with Crippen molar-refractivity contribution in [3.8, 4) is 0 Å². The number of carbonyl (C=O) groups excluding carboxylic acids is 1. The third kappa shape index (κ3) is 5.39. The molecule has 0 saturated carbocycles. The summed E-state index contributed by atoms with van der Waals surface area (Å²) in [5.41, 5.74) is 1.70. The van der Waals surface area contributed by atoms with Crippen LogP contribution in [0.25, 0.3) is 11.0 Å². The van der Waals surface area contributed by atoms with Gasteiger partial charge in [-0.25, -0.2) is 4.98 Å². The summed E-state index contributed by atoms with van der Waals surface area (Å²) in [5, 5.41) is 1.35. The number of ether oxygens (including phenoxy) is 2. The lowest BCUT2D eigenvalue weighted by atomic mass is 10.3. The summed E-state index contributed by atoms with van der Waals surface area (Å²) in [6.07, 6.45) is 0. The van der Waals surface area contributed by atoms with E-state index >= 15 is 0 Å². The van der Waals surface area contributed by atoms with Gasteiger partial charge in [-0.3, -0.25) is 4.79 Å². The van der Waals surface area contributed by atoms with Gasteiger partial charge in [0.25, 0.3) is 0 Å². The third-order valence-corrected chi connectivity index (χ3v) is 4.33. The molecule has 126 valence electrons. The SMILES string of the molecule is COCCN(CCOC)C(=O)CSc1nc2ccc(Cl)cc2[nH]1. The van der Waals surface area contributed by atoms with Crippen LogP contribution in [0.2, 0.25) is 5.02 Å². The van der Waals surface area contributed by atoms with E-state index in [2.05, 4.69) is 9.97 Å². The summed E-state index contributed by atoms with van der Waals surface area (Å²) in [6.45, 7) is 2.11. The van der Waals surface area contributed by atoms with E-state index in [1.165, 1.54) is 11.8 Å². The third-order valence-electron chi connectivity index (χ3n) is 3.24. The molecule has 2 aromatic rings. The highest BCUT2D eigenvalue weighted by atomic mass is 35.5. The molecule has 0 aliphatic carbocycles. The van der Waals surface area contributed by atoms with Crippen LogP contribution >= 0.6 is 23.4 Å². The van der Waals surface area contributed by atoms with Crippen LogP contribution in [-0.4, -0.2) is 67.1 Å². The fourth-order valence-corrected chi connectivity index (χ4v) is 2.97. The van der Waals surface area contributed by atoms with Gasteiger partial charge in [0, 0.05) is 32.3 Å². The van der Waals surface area contributed by atoms with Gasteiger partial charge >= 0.3 is 0 Å². The van der Waals surface area contributed by atoms with Crippen molar-refractivity contribution in [1.82, 2.24) is 14.9 Å². The molecule has 2 rings (SSSR count). The Morgan fingerprint density at radius 3 is 2.65 bits per heavy atom. The first kappa shape index (κ1) is 18.1. The lowest BCUT2D eigenvalue weighted by molar-refractivity contribution is -0.129. The minimum absolute atomic E-state index is 0.0302. The largest absolute Gasteiger partial charge is 0.383 e. The van der Waals surface area contributed by atoms with Gasteiger partial charge < -0.3 is 19.4 Å². The fraction of sp³-hybridized carbons (Fsp3) is 0.467. The standard InChI is InChI=1S/C15H20ClN3O3S/c1-21-7-5-19(6-8-22-2)14(20)10-23-15-17-12-4-3-11(16)9-13(12)18-15/h3-4,9H,5-8,10H2,1-2H3,(H,17,18). The van der Waals surface area contributed by atoms with Crippen LogP contribution in [0.4, 0.5) is 0 Å². The predicted octanol–water partition coefficient (Wildman–Crippen LogP) is 2.43. The lowest BCUT2D eigenvalue weighted by Crippen LogP contribution is -2.37. The number of nitrogens with zero attached hydrogens (tertiary/aromatic N) is 2. The zero-order chi connectivity index (χ0) is 16.7. The van der Waals surface area contributed by atoms with E-state index < -0.39 is 0 Å². The number of aromatic amines is 1. The number of nitrogens with one attached hydrogen (secondary N) is 1. The highest BCUT2D eigenvalue weighted by Crippen LogP contribution is 2.22. The van der Waals surface area contributed by atoms with Crippen molar-refractivity contribution in [3.05, 3.63) is 23.2 Å². The summed E-state index contributed by atoms with van der Waals surface area (Å²) in [5.74, 6) is 0.337. The average Bonchev–Trinajstić information content (AvgIpc) is 2.94. The van der Waals surface area contributed by atoms with Crippen molar-refractivity contribution in [2.75, 3.05) is 46.3 Å². The maximum Gasteiger partial charge on any atom is 0.233 e. The molecule has 1 amide bonds. The van der Waals surface area contributed by atoms with Gasteiger partial charge in [0.1, 0.15) is 0 Å². The van der Waals surface area contributed by atoms with Crippen molar-refractivity contribution in [2.24, 2.45) is 0 Å². The molecule has 0 spiro atoms. The molecule has 0 aliphatic heterocycles. The number of fused-ring (bicyclic) bond motifs is 1. The molecule has 0 bridgehead atoms. The topological polar surface area (TPSA) is 67.5 Å². The molecule has 0 atom stereocenters. The highest BCUT2D eigenvalue weighted by molar-refractivity contribution is 7.99. The molecule has 0 unspecified atom stereocenters. The average molecular weight is 358 g/mol. The smallest absolute Gasteiger partial charge is 0.233 e. The maximum absolute atomic E-state index is 12.3. The molecule has 0 saturated heterocycles. The van der Waals surface area contributed by atoms with Crippen LogP contribution in [-0.2, 0) is 14.3 Å². The number of methoxy groups -OCH3 is 2. The zero-order valence-corrected chi connectivity index (χ0v) is 14.7. The van der Waals surface area contributed by atoms with E-state index in [1.54, 1.807) is 25.2 Å². The number of benzene rings is 1. The second-order valence-electron chi connectivity index (χ2n) is 4.86. The Kier molecular flexibility index (Phi) is 7.16. The Morgan fingerprint density at radius 2 is 2.00 bits per heavy atom. The second kappa shape index (κ2) is 9.12. The lowest BCUT2D eigenvalue weighted by Gasteiger charge is -2.21. The van der Waals surface area contributed by atoms with Gasteiger partial charge in [0.15, 0.2) is 5.16 Å². The van der Waals surface area contributed by atoms with Gasteiger partial charge in [0.2, 0.25) is 5.91 Å². The van der Waals surface area contributed by atoms with E-state index in [1.807, 2.05) is 12.1 Å². The number of thioether (sulfide) groups is 1. The van der Waals surface area contributed by atoms with Gasteiger partial charge in [-0.1, -0.05) is 23.4 Å². The minimum Gasteiger partial charge on any atom is -0.383 e. The summed E-state index contributed by atoms with van der Waals surface area (Å²) in [4.78, 5) is 21.7. The zero-order valence-electron chi connectivity index (χ0n) is 13.2. The number of hydrogen-bond acceptors (Lipinski definition) is 5. The molecule has 23 heavy (non-hydrogen) atoms. The number of hydrogen-bond donors (Lipinski definition) is 1. The van der Waals surface area contributed by atoms with Crippen LogP contribution < -0.4 is 0 Å². The van der Waals surface area contributed by atoms with E-state index in [9.17, 15) is 4.79 Å². The Hall–Kier alpha value is -1.28. The first-order chi connectivity index (χ1) is 11.1. The van der Waals surface area contributed by atoms with Crippen LogP contribution in [0.5, 0.6) is 0 Å². The fourth-order valence-electron chi connectivity index (χ4n) is 2.01. The van der Waals surface area contributed by atoms with Crippen molar-refractivity contribution < 1.29 is 14.3 Å². The molecule has 0 aliphatic rings. The summed E-state index contributed by atoms with van der Waals surface area (Å²) in [6, 6.07) is 5.46. The Morgan fingerprint density at radius 1 is 1.30 bits per heavy atom. The molecular weight excluding hydrogens is 338 g/mol. The molecule has 1 heterocycles. The number of carbonyl (C=O) groups is 1. The minimum atomic E-state index is 0.0302. The highest BCUT2D eigenvalue weighted by Gasteiger charge is 2.14. The van der Waals surface area contributed by atoms with Crippen LogP contribution in [0, 0.1) is 0 Å². The summed E-state index contributed by atoms with van der Waals surface area (Å²) >= 11 is 7.33. The molecular formula is C15H20ClN3O3S. The van der Waals surface area contributed by atoms with E-state index in [0.717, 1.165) is 11.0 Å². The van der Waals surface area contributed by atoms with E-state index in [0.29, 0.717) is 42.2 Å². The van der Waals surface area contributed by atoms with Gasteiger partial charge in [-0.2, -0.15) is 0 Å². The molecule has 0 radical (unpaired) electrons. The normalized spacial score (nSPS) is 11.1. The van der Waals surface area contributed by atoms with E-state index in [4.69, 9.17) is 21.1 Å². The number of aromatic nitrogens is 2. The van der Waals surface area contributed by atoms with Crippen molar-refractivity contribution in [2.45, 2.75) is 5.16 Å². The van der Waals surface area contributed by atoms with Crippen LogP contribution in [0.3, 0.4) is 0 Å². The second-order valence-corrected chi connectivity index (χ2v) is 6.26. The molecule has 1 aromatic carbocycles. The first-order valence-electron chi connectivity index (χ1n) is 7.17. The van der Waals surface area contributed by atoms with Crippen LogP contribution in [0.1, 0.15) is 0 Å². The first-order valence-corrected chi connectivity index (χ1v) is 8.54. The van der Waals surface area contributed by atoms with Crippen molar-refractivity contribution in [1.29, 1.82) is 0 Å². The molecule has 1 aromatic heterocycles. The molecule has 8 heteroatoms. The summed E-state index contributed by atoms with van der Waals surface area (Å²) < 4.78 is 10.1. The quantitative estimate of drug-likeness (QED) is 0.698. The molecule has 0 fully saturated rings. The number of halogens is 1. The predicted molar refractivity (Wildman–Crippen MR) is 92.2 cm³/mol. The number of rotatable bonds is 9. The number of H-pyrrole nitrogens is 1. The monoisotopic (exact) mass is 357 g/mol. The van der Waals surface area contributed by atoms with Crippen molar-refractivity contribution >= 4 is 40.3 Å². The maximum atomic E-state index is 12.3. The Balaban J connectivity index is 1.94. The summed E-state index contributed by atoms with van der Waals surface area (Å²) in [7, 11) is 3.24. The number of imidazole rings is 1. The Bertz CT molecular complexity index is 642.